The van der Waals surface area contributed by atoms with Gasteiger partial charge in [-0.15, -0.1) is 0 Å². The largest absolute Gasteiger partial charge is 0.365 e. The average molecular weight is 234 g/mol. The fraction of sp³-hybridized carbons (Fsp3) is 0.462. The first-order valence-electron chi connectivity index (χ1n) is 5.82. The van der Waals surface area contributed by atoms with Gasteiger partial charge in [0, 0.05) is 18.8 Å². The molecule has 1 aromatic rings. The van der Waals surface area contributed by atoms with Crippen LogP contribution >= 0.6 is 11.8 Å². The number of nitrogens with one attached hydrogen (secondary N) is 1. The monoisotopic (exact) mass is 234 g/mol. The molecule has 0 fully saturated rings. The predicted octanol–water partition coefficient (Wildman–Crippen LogP) is 2.62. The minimum atomic E-state index is 0.983. The molecule has 1 N–H and O–H groups in total. The molecule has 1 aliphatic rings. The minimum Gasteiger partial charge on any atom is -0.365 e. The van der Waals surface area contributed by atoms with E-state index in [1.807, 2.05) is 11.8 Å². The molecule has 16 heavy (non-hydrogen) atoms. The van der Waals surface area contributed by atoms with Gasteiger partial charge in [-0.1, -0.05) is 36.0 Å². The van der Waals surface area contributed by atoms with Crippen LogP contribution in [-0.2, 0) is 6.42 Å². The number of rotatable bonds is 3. The number of hydrogen-bond acceptors (Lipinski definition) is 3. The van der Waals surface area contributed by atoms with Crippen LogP contribution < -0.4 is 5.32 Å². The maximum absolute atomic E-state index is 4.45. The Kier molecular flexibility index (Phi) is 4.28. The summed E-state index contributed by atoms with van der Waals surface area (Å²) in [6.07, 6.45) is 2.29. The molecule has 0 unspecified atom stereocenters. The molecule has 0 saturated carbocycles. The maximum Gasteiger partial charge on any atom is 0.156 e. The molecular weight excluding hydrogens is 216 g/mol. The van der Waals surface area contributed by atoms with E-state index in [1.165, 1.54) is 23.3 Å². The molecule has 2 rings (SSSR count). The lowest BCUT2D eigenvalue weighted by atomic mass is 10.1. The van der Waals surface area contributed by atoms with Gasteiger partial charge in [0.05, 0.1) is 0 Å². The SMILES string of the molecule is Cc1ccccc1CCNC1=NCCCS1. The predicted molar refractivity (Wildman–Crippen MR) is 72.3 cm³/mol. The van der Waals surface area contributed by atoms with Gasteiger partial charge in [0.2, 0.25) is 0 Å². The van der Waals surface area contributed by atoms with Gasteiger partial charge < -0.3 is 5.32 Å². The van der Waals surface area contributed by atoms with Crippen LogP contribution in [0.15, 0.2) is 29.3 Å². The van der Waals surface area contributed by atoms with Crippen molar-refractivity contribution in [1.29, 1.82) is 0 Å². The molecule has 0 aliphatic carbocycles. The van der Waals surface area contributed by atoms with Gasteiger partial charge in [0.15, 0.2) is 5.17 Å². The number of nitrogens with zero attached hydrogens (tertiary/aromatic N) is 1. The standard InChI is InChI=1S/C13H18N2S/c1-11-5-2-3-6-12(11)7-9-15-13-14-8-4-10-16-13/h2-3,5-6H,4,7-10H2,1H3,(H,14,15). The number of amidine groups is 1. The van der Waals surface area contributed by atoms with Crippen LogP contribution in [0.25, 0.3) is 0 Å². The van der Waals surface area contributed by atoms with Crippen molar-refractivity contribution in [3.63, 3.8) is 0 Å². The van der Waals surface area contributed by atoms with Crippen molar-refractivity contribution in [3.05, 3.63) is 35.4 Å². The van der Waals surface area contributed by atoms with Crippen molar-refractivity contribution in [2.45, 2.75) is 19.8 Å². The highest BCUT2D eigenvalue weighted by Crippen LogP contribution is 2.11. The smallest absolute Gasteiger partial charge is 0.156 e. The Balaban J connectivity index is 1.80. The van der Waals surface area contributed by atoms with E-state index in [1.54, 1.807) is 0 Å². The zero-order chi connectivity index (χ0) is 11.2. The summed E-state index contributed by atoms with van der Waals surface area (Å²) in [5.41, 5.74) is 2.80. The molecular formula is C13H18N2S. The van der Waals surface area contributed by atoms with E-state index in [0.29, 0.717) is 0 Å². The number of aliphatic imine (C=N–C) groups is 1. The van der Waals surface area contributed by atoms with E-state index in [0.717, 1.165) is 24.7 Å². The molecule has 86 valence electrons. The van der Waals surface area contributed by atoms with Crippen LogP contribution in [0.1, 0.15) is 17.5 Å². The molecule has 0 amide bonds. The van der Waals surface area contributed by atoms with Crippen LogP contribution in [0, 0.1) is 6.92 Å². The third-order valence-corrected chi connectivity index (χ3v) is 3.77. The number of thioether (sulfide) groups is 1. The zero-order valence-corrected chi connectivity index (χ0v) is 10.5. The summed E-state index contributed by atoms with van der Waals surface area (Å²) in [5.74, 6) is 1.20. The summed E-state index contributed by atoms with van der Waals surface area (Å²) in [7, 11) is 0. The molecule has 3 heteroatoms. The van der Waals surface area contributed by atoms with Gasteiger partial charge in [0.25, 0.3) is 0 Å². The third-order valence-electron chi connectivity index (χ3n) is 2.73. The normalized spacial score (nSPS) is 15.7. The summed E-state index contributed by atoms with van der Waals surface area (Å²) in [4.78, 5) is 4.45. The van der Waals surface area contributed by atoms with Crippen molar-refractivity contribution >= 4 is 16.9 Å². The van der Waals surface area contributed by atoms with Crippen LogP contribution in [0.5, 0.6) is 0 Å². The van der Waals surface area contributed by atoms with E-state index >= 15 is 0 Å². The maximum atomic E-state index is 4.45. The van der Waals surface area contributed by atoms with Gasteiger partial charge in [-0.3, -0.25) is 4.99 Å². The Morgan fingerprint density at radius 2 is 2.25 bits per heavy atom. The second-order valence-corrected chi connectivity index (χ2v) is 5.08. The topological polar surface area (TPSA) is 24.4 Å². The van der Waals surface area contributed by atoms with Crippen molar-refractivity contribution in [2.75, 3.05) is 18.8 Å². The van der Waals surface area contributed by atoms with E-state index in [9.17, 15) is 0 Å². The third kappa shape index (κ3) is 3.27. The molecule has 1 aliphatic heterocycles. The van der Waals surface area contributed by atoms with Crippen molar-refractivity contribution in [3.8, 4) is 0 Å². The first-order chi connectivity index (χ1) is 7.86. The highest BCUT2D eigenvalue weighted by Gasteiger charge is 2.04. The molecule has 0 spiro atoms. The van der Waals surface area contributed by atoms with Crippen LogP contribution in [0.2, 0.25) is 0 Å². The second-order valence-electron chi connectivity index (χ2n) is 3.99. The first kappa shape index (κ1) is 11.5. The molecule has 0 aromatic heterocycles. The van der Waals surface area contributed by atoms with Gasteiger partial charge in [-0.2, -0.15) is 0 Å². The summed E-state index contributed by atoms with van der Waals surface area (Å²) >= 11 is 1.84. The summed E-state index contributed by atoms with van der Waals surface area (Å²) in [6.45, 7) is 4.14. The highest BCUT2D eigenvalue weighted by molar-refractivity contribution is 8.13. The van der Waals surface area contributed by atoms with E-state index in [4.69, 9.17) is 0 Å². The molecule has 1 aromatic carbocycles. The fourth-order valence-electron chi connectivity index (χ4n) is 1.76. The lowest BCUT2D eigenvalue weighted by Gasteiger charge is -2.13. The van der Waals surface area contributed by atoms with Crippen molar-refractivity contribution in [1.82, 2.24) is 5.32 Å². The minimum absolute atomic E-state index is 0.983. The second kappa shape index (κ2) is 5.94. The van der Waals surface area contributed by atoms with Crippen LogP contribution in [0.3, 0.4) is 0 Å². The Hall–Kier alpha value is -0.960. The fourth-order valence-corrected chi connectivity index (χ4v) is 2.61. The first-order valence-corrected chi connectivity index (χ1v) is 6.80. The lowest BCUT2D eigenvalue weighted by molar-refractivity contribution is 0.849. The highest BCUT2D eigenvalue weighted by atomic mass is 32.2. The molecule has 2 nitrogen and oxygen atoms in total. The number of aryl methyl sites for hydroxylation is 1. The molecule has 0 bridgehead atoms. The van der Waals surface area contributed by atoms with Gasteiger partial charge in [-0.25, -0.2) is 0 Å². The van der Waals surface area contributed by atoms with E-state index in [-0.39, 0.29) is 0 Å². The van der Waals surface area contributed by atoms with Crippen molar-refractivity contribution < 1.29 is 0 Å². The van der Waals surface area contributed by atoms with Crippen LogP contribution in [0.4, 0.5) is 0 Å². The Labute approximate surface area is 102 Å². The zero-order valence-electron chi connectivity index (χ0n) is 9.70. The van der Waals surface area contributed by atoms with E-state index < -0.39 is 0 Å². The summed E-state index contributed by atoms with van der Waals surface area (Å²) in [6, 6.07) is 8.57. The van der Waals surface area contributed by atoms with Crippen molar-refractivity contribution in [2.24, 2.45) is 4.99 Å². The Bertz CT molecular complexity index is 374. The molecule has 1 heterocycles. The number of benzene rings is 1. The van der Waals surface area contributed by atoms with Gasteiger partial charge in [0.1, 0.15) is 0 Å². The summed E-state index contributed by atoms with van der Waals surface area (Å²) < 4.78 is 0. The molecule has 0 radical (unpaired) electrons. The molecule has 0 atom stereocenters. The van der Waals surface area contributed by atoms with Gasteiger partial charge >= 0.3 is 0 Å². The number of hydrogen-bond donors (Lipinski definition) is 1. The summed E-state index contributed by atoms with van der Waals surface area (Å²) in [5, 5.41) is 4.54. The quantitative estimate of drug-likeness (QED) is 0.869. The molecule has 0 saturated heterocycles. The van der Waals surface area contributed by atoms with E-state index in [2.05, 4.69) is 41.5 Å². The van der Waals surface area contributed by atoms with Crippen LogP contribution in [-0.4, -0.2) is 24.0 Å². The average Bonchev–Trinajstić information content (AvgIpc) is 2.33. The lowest BCUT2D eigenvalue weighted by Crippen LogP contribution is -2.25. The van der Waals surface area contributed by atoms with Gasteiger partial charge in [-0.05, 0) is 30.9 Å². The Morgan fingerprint density at radius 1 is 1.38 bits per heavy atom. The Morgan fingerprint density at radius 3 is 3.00 bits per heavy atom.